The fourth-order valence-electron chi connectivity index (χ4n) is 5.75. The van der Waals surface area contributed by atoms with Gasteiger partial charge in [-0.1, -0.05) is 12.1 Å². The number of fused-ring (bicyclic) bond motifs is 3. The number of methoxy groups -OCH3 is 1. The number of aliphatic hydroxyl groups is 3. The Bertz CT molecular complexity index is 1380. The topological polar surface area (TPSA) is 206 Å². The quantitative estimate of drug-likeness (QED) is 0.169. The zero-order valence-electron chi connectivity index (χ0n) is 21.6. The fourth-order valence-corrected chi connectivity index (χ4v) is 5.75. The second-order valence-electron chi connectivity index (χ2n) is 10.2. The molecule has 0 spiro atoms. The van der Waals surface area contributed by atoms with Crippen LogP contribution in [-0.2, 0) is 37.8 Å². The number of ketones is 3. The van der Waals surface area contributed by atoms with Crippen LogP contribution in [0, 0.1) is 0 Å². The summed E-state index contributed by atoms with van der Waals surface area (Å²) >= 11 is 0. The van der Waals surface area contributed by atoms with Crippen LogP contribution in [0.25, 0.3) is 0 Å². The first-order valence-electron chi connectivity index (χ1n) is 12.4. The number of phenolic OH excluding ortho intramolecular Hbond substituents is 2. The van der Waals surface area contributed by atoms with E-state index in [2.05, 4.69) is 0 Å². The predicted molar refractivity (Wildman–Crippen MR) is 132 cm³/mol. The van der Waals surface area contributed by atoms with Gasteiger partial charge in [-0.15, -0.1) is 0 Å². The van der Waals surface area contributed by atoms with E-state index in [1.165, 1.54) is 25.3 Å². The van der Waals surface area contributed by atoms with Gasteiger partial charge < -0.3 is 45.5 Å². The average molecular weight is 599 g/mol. The van der Waals surface area contributed by atoms with Crippen LogP contribution in [0.3, 0.4) is 0 Å². The number of rotatable bonds is 5. The SMILES string of the molecule is COc1cccc2c1C(=O)c1c(O)c3c(c(O)c1C2=O)C[C@](O)(C(=O)CO)C[C@@H]3O[C@@H]1C[C@@H](N)[C@@H](O)[C@@H](C)O1.[Fe+3]. The molecule has 0 unspecified atom stereocenters. The number of aliphatic hydroxyl groups excluding tert-OH is 2. The van der Waals surface area contributed by atoms with Crippen molar-refractivity contribution < 1.29 is 71.2 Å². The van der Waals surface area contributed by atoms with Crippen LogP contribution in [0.15, 0.2) is 18.2 Å². The third-order valence-electron chi connectivity index (χ3n) is 7.81. The van der Waals surface area contributed by atoms with Crippen molar-refractivity contribution in [3.05, 3.63) is 51.6 Å². The maximum Gasteiger partial charge on any atom is 3.00 e. The number of ether oxygens (including phenoxy) is 3. The minimum atomic E-state index is -2.24. The van der Waals surface area contributed by atoms with Gasteiger partial charge in [0.05, 0.1) is 42.1 Å². The molecule has 0 amide bonds. The number of phenols is 2. The van der Waals surface area contributed by atoms with Gasteiger partial charge in [-0.3, -0.25) is 14.4 Å². The monoisotopic (exact) mass is 599 g/mol. The molecule has 40 heavy (non-hydrogen) atoms. The molecule has 13 heteroatoms. The van der Waals surface area contributed by atoms with Crippen LogP contribution in [0.4, 0.5) is 0 Å². The van der Waals surface area contributed by atoms with Crippen molar-refractivity contribution in [1.82, 2.24) is 0 Å². The third-order valence-corrected chi connectivity index (χ3v) is 7.81. The summed E-state index contributed by atoms with van der Waals surface area (Å²) in [5, 5.41) is 53.7. The Morgan fingerprint density at radius 2 is 1.82 bits per heavy atom. The van der Waals surface area contributed by atoms with Crippen molar-refractivity contribution in [2.45, 2.75) is 62.4 Å². The number of aromatic hydroxyl groups is 2. The molecule has 1 radical (unpaired) electrons. The number of Topliss-reactive ketones (excluding diaryl/α,β-unsaturated/α-hetero) is 1. The van der Waals surface area contributed by atoms with E-state index in [0.29, 0.717) is 0 Å². The Labute approximate surface area is 239 Å². The Kier molecular flexibility index (Phi) is 8.16. The molecular formula is C27H29FeNO11+3. The summed E-state index contributed by atoms with van der Waals surface area (Å²) in [6.07, 6.45) is -5.12. The molecule has 2 aromatic rings. The van der Waals surface area contributed by atoms with Crippen LogP contribution in [-0.4, -0.2) is 86.7 Å². The molecule has 1 fully saturated rings. The number of carbonyl (C=O) groups is 3. The molecule has 6 atom stereocenters. The zero-order valence-corrected chi connectivity index (χ0v) is 22.7. The second kappa shape index (κ2) is 10.8. The number of nitrogens with two attached hydrogens (primary N) is 1. The average Bonchev–Trinajstić information content (AvgIpc) is 2.90. The number of benzene rings is 2. The number of carbonyl (C=O) groups excluding carboxylic acids is 3. The van der Waals surface area contributed by atoms with E-state index in [9.17, 15) is 39.9 Å². The molecule has 213 valence electrons. The smallest absolute Gasteiger partial charge is 0.507 e. The van der Waals surface area contributed by atoms with Gasteiger partial charge in [-0.25, -0.2) is 0 Å². The zero-order chi connectivity index (χ0) is 28.4. The Morgan fingerprint density at radius 3 is 2.45 bits per heavy atom. The molecule has 2 aliphatic carbocycles. The van der Waals surface area contributed by atoms with E-state index in [4.69, 9.17) is 19.9 Å². The standard InChI is InChI=1S/C27H29NO11.Fe/c1-10-22(31)13(28)6-17(38-10)39-15-8-27(36,16(30)9-29)7-12-19(15)26(35)21-20(24(12)33)23(32)11-4-3-5-14(37-2)18(11)25(21)34;/h3-5,10,13,15,17,22,29,31,33,35-36H,6-9,28H2,1-2H3;/q;+3/t10-,13-,15+,17-,22+,27-;/m1./s1. The second-order valence-corrected chi connectivity index (χ2v) is 10.2. The summed E-state index contributed by atoms with van der Waals surface area (Å²) in [6, 6.07) is 3.64. The summed E-state index contributed by atoms with van der Waals surface area (Å²) in [6.45, 7) is 0.560. The van der Waals surface area contributed by atoms with Gasteiger partial charge in [0.25, 0.3) is 0 Å². The third kappa shape index (κ3) is 4.52. The van der Waals surface area contributed by atoms with E-state index >= 15 is 0 Å². The minimum Gasteiger partial charge on any atom is -0.507 e. The Hall–Kier alpha value is -2.87. The normalized spacial score (nSPS) is 29.1. The van der Waals surface area contributed by atoms with Crippen molar-refractivity contribution in [2.24, 2.45) is 5.73 Å². The largest absolute Gasteiger partial charge is 3.00 e. The molecule has 1 heterocycles. The molecular weight excluding hydrogens is 570 g/mol. The van der Waals surface area contributed by atoms with Gasteiger partial charge in [0.2, 0.25) is 5.78 Å². The van der Waals surface area contributed by atoms with Crippen molar-refractivity contribution in [1.29, 1.82) is 0 Å². The van der Waals surface area contributed by atoms with Crippen LogP contribution < -0.4 is 10.5 Å². The summed E-state index contributed by atoms with van der Waals surface area (Å²) in [4.78, 5) is 39.7. The van der Waals surface area contributed by atoms with Gasteiger partial charge in [0.15, 0.2) is 17.9 Å². The van der Waals surface area contributed by atoms with Crippen molar-refractivity contribution in [2.75, 3.05) is 13.7 Å². The van der Waals surface area contributed by atoms with Crippen molar-refractivity contribution >= 4 is 17.3 Å². The van der Waals surface area contributed by atoms with Gasteiger partial charge in [-0.2, -0.15) is 0 Å². The van der Waals surface area contributed by atoms with Gasteiger partial charge in [0.1, 0.15) is 29.5 Å². The Balaban J connectivity index is 0.00000370. The molecule has 1 aliphatic heterocycles. The van der Waals surface area contributed by atoms with Gasteiger partial charge in [-0.05, 0) is 13.0 Å². The minimum absolute atomic E-state index is 0. The van der Waals surface area contributed by atoms with E-state index in [-0.39, 0.29) is 51.5 Å². The molecule has 0 aromatic heterocycles. The van der Waals surface area contributed by atoms with Crippen LogP contribution in [0.5, 0.6) is 17.2 Å². The van der Waals surface area contributed by atoms with E-state index in [1.54, 1.807) is 6.92 Å². The summed E-state index contributed by atoms with van der Waals surface area (Å²) in [5.74, 6) is -3.77. The van der Waals surface area contributed by atoms with Crippen molar-refractivity contribution in [3.8, 4) is 17.2 Å². The molecule has 12 nitrogen and oxygen atoms in total. The Morgan fingerprint density at radius 1 is 1.15 bits per heavy atom. The van der Waals surface area contributed by atoms with Gasteiger partial charge >= 0.3 is 17.1 Å². The molecule has 5 rings (SSSR count). The van der Waals surface area contributed by atoms with E-state index in [1.807, 2.05) is 0 Å². The first-order valence-corrected chi connectivity index (χ1v) is 12.4. The summed E-state index contributed by atoms with van der Waals surface area (Å²) in [5.41, 5.74) is 2.37. The summed E-state index contributed by atoms with van der Waals surface area (Å²) in [7, 11) is 1.32. The van der Waals surface area contributed by atoms with Crippen LogP contribution in [0.1, 0.15) is 68.8 Å². The van der Waals surface area contributed by atoms with Crippen LogP contribution in [0.2, 0.25) is 0 Å². The number of hydrogen-bond acceptors (Lipinski definition) is 12. The maximum absolute atomic E-state index is 13.6. The van der Waals surface area contributed by atoms with Crippen molar-refractivity contribution in [3.63, 3.8) is 0 Å². The van der Waals surface area contributed by atoms with Gasteiger partial charge in [0, 0.05) is 42.0 Å². The molecule has 2 aromatic carbocycles. The molecule has 0 saturated carbocycles. The predicted octanol–water partition coefficient (Wildman–Crippen LogP) is -0.00120. The van der Waals surface area contributed by atoms with E-state index in [0.717, 1.165) is 0 Å². The molecule has 0 bridgehead atoms. The summed E-state index contributed by atoms with van der Waals surface area (Å²) < 4.78 is 17.0. The molecule has 1 saturated heterocycles. The van der Waals surface area contributed by atoms with Crippen LogP contribution >= 0.6 is 0 Å². The fraction of sp³-hybridized carbons (Fsp3) is 0.444. The number of hydrogen-bond donors (Lipinski definition) is 6. The molecule has 3 aliphatic rings. The van der Waals surface area contributed by atoms with E-state index < -0.39 is 95.7 Å². The maximum atomic E-state index is 13.6. The first-order chi connectivity index (χ1) is 18.4. The molecule has 7 N–H and O–H groups in total. The first kappa shape index (κ1) is 30.1.